The number of para-hydroxylation sites is 1. The van der Waals surface area contributed by atoms with Crippen molar-refractivity contribution in [2.24, 2.45) is 4.99 Å². The molecular weight excluding hydrogens is 380 g/mol. The Kier molecular flexibility index (Phi) is 7.04. The molecule has 29 heavy (non-hydrogen) atoms. The summed E-state index contributed by atoms with van der Waals surface area (Å²) < 4.78 is 2.00. The first kappa shape index (κ1) is 21.0. The van der Waals surface area contributed by atoms with Crippen molar-refractivity contribution in [2.75, 3.05) is 13.1 Å². The number of aromatic nitrogens is 3. The normalized spacial score (nSPS) is 11.7. The highest BCUT2D eigenvalue weighted by Crippen LogP contribution is 2.18. The van der Waals surface area contributed by atoms with E-state index in [2.05, 4.69) is 72.7 Å². The quantitative estimate of drug-likeness (QED) is 0.458. The van der Waals surface area contributed by atoms with Crippen LogP contribution < -0.4 is 10.6 Å². The van der Waals surface area contributed by atoms with Crippen molar-refractivity contribution in [3.63, 3.8) is 0 Å². The van der Waals surface area contributed by atoms with Crippen LogP contribution in [0.4, 0.5) is 0 Å². The highest BCUT2D eigenvalue weighted by atomic mass is 32.1. The summed E-state index contributed by atoms with van der Waals surface area (Å²) in [5.41, 5.74) is 5.50. The number of hydrogen-bond acceptors (Lipinski definition) is 4. The number of aryl methyl sites for hydroxylation is 4. The first-order valence-corrected chi connectivity index (χ1v) is 10.9. The predicted octanol–water partition coefficient (Wildman–Crippen LogP) is 3.86. The topological polar surface area (TPSA) is 67.1 Å². The van der Waals surface area contributed by atoms with Crippen molar-refractivity contribution in [1.82, 2.24) is 25.4 Å². The van der Waals surface area contributed by atoms with Gasteiger partial charge in [0.2, 0.25) is 0 Å². The molecule has 3 aromatic rings. The third kappa shape index (κ3) is 5.44. The summed E-state index contributed by atoms with van der Waals surface area (Å²) in [6.45, 7) is 12.5. The van der Waals surface area contributed by atoms with Gasteiger partial charge in [0.25, 0.3) is 0 Å². The average Bonchev–Trinajstić information content (AvgIpc) is 3.19. The molecule has 0 aliphatic rings. The van der Waals surface area contributed by atoms with Crippen molar-refractivity contribution in [3.8, 4) is 5.69 Å². The van der Waals surface area contributed by atoms with Crippen molar-refractivity contribution in [3.05, 3.63) is 62.9 Å². The van der Waals surface area contributed by atoms with Gasteiger partial charge in [0.1, 0.15) is 0 Å². The van der Waals surface area contributed by atoms with Crippen LogP contribution in [0.15, 0.2) is 35.3 Å². The lowest BCUT2D eigenvalue weighted by Gasteiger charge is -2.13. The van der Waals surface area contributed by atoms with Crippen LogP contribution in [0, 0.1) is 27.7 Å². The zero-order valence-electron chi connectivity index (χ0n) is 17.9. The van der Waals surface area contributed by atoms with Crippen LogP contribution >= 0.6 is 11.3 Å². The highest BCUT2D eigenvalue weighted by molar-refractivity contribution is 7.11. The van der Waals surface area contributed by atoms with Gasteiger partial charge in [-0.25, -0.2) is 14.7 Å². The van der Waals surface area contributed by atoms with E-state index in [4.69, 9.17) is 4.99 Å². The van der Waals surface area contributed by atoms with E-state index in [0.29, 0.717) is 6.54 Å². The average molecular weight is 411 g/mol. The molecule has 0 saturated heterocycles. The fourth-order valence-corrected chi connectivity index (χ4v) is 4.27. The fraction of sp³-hybridized carbons (Fsp3) is 0.409. The third-order valence-corrected chi connectivity index (χ3v) is 5.76. The lowest BCUT2D eigenvalue weighted by molar-refractivity contribution is 0.793. The number of hydrogen-bond donors (Lipinski definition) is 2. The maximum Gasteiger partial charge on any atom is 0.191 e. The Hall–Kier alpha value is -2.67. The van der Waals surface area contributed by atoms with E-state index in [-0.39, 0.29) is 0 Å². The van der Waals surface area contributed by atoms with Crippen LogP contribution in [-0.4, -0.2) is 33.8 Å². The summed E-state index contributed by atoms with van der Waals surface area (Å²) in [5, 5.41) is 12.5. The highest BCUT2D eigenvalue weighted by Gasteiger charge is 2.09. The lowest BCUT2D eigenvalue weighted by Crippen LogP contribution is -2.38. The standard InChI is InChI=1S/C22H30N6S/c1-6-23-22(24-12-11-21-17(4)26-18(5)29-21)25-14-19-9-7-8-10-20(19)28-16(3)13-15(2)27-28/h7-10,13H,6,11-12,14H2,1-5H3,(H2,23,24,25). The first-order chi connectivity index (χ1) is 14.0. The molecule has 2 N–H and O–H groups in total. The molecule has 154 valence electrons. The van der Waals surface area contributed by atoms with E-state index in [1.807, 2.05) is 17.7 Å². The fourth-order valence-electron chi connectivity index (χ4n) is 3.33. The molecule has 0 amide bonds. The second kappa shape index (κ2) is 9.69. The molecule has 0 atom stereocenters. The molecule has 3 rings (SSSR count). The number of rotatable bonds is 7. The van der Waals surface area contributed by atoms with Crippen LogP contribution in [0.3, 0.4) is 0 Å². The maximum absolute atomic E-state index is 4.81. The van der Waals surface area contributed by atoms with E-state index in [1.54, 1.807) is 11.3 Å². The van der Waals surface area contributed by atoms with E-state index < -0.39 is 0 Å². The summed E-state index contributed by atoms with van der Waals surface area (Å²) in [6.07, 6.45) is 0.949. The Labute approximate surface area is 177 Å². The molecule has 6 nitrogen and oxygen atoms in total. The molecule has 2 heterocycles. The third-order valence-electron chi connectivity index (χ3n) is 4.63. The zero-order chi connectivity index (χ0) is 20.8. The van der Waals surface area contributed by atoms with Crippen LogP contribution in [0.5, 0.6) is 0 Å². The van der Waals surface area contributed by atoms with Gasteiger partial charge in [-0.3, -0.25) is 0 Å². The Morgan fingerprint density at radius 3 is 2.59 bits per heavy atom. The molecule has 0 unspecified atom stereocenters. The van der Waals surface area contributed by atoms with Gasteiger partial charge in [-0.05, 0) is 52.3 Å². The molecule has 0 fully saturated rings. The van der Waals surface area contributed by atoms with Crippen LogP contribution in [0.25, 0.3) is 5.69 Å². The largest absolute Gasteiger partial charge is 0.357 e. The minimum Gasteiger partial charge on any atom is -0.357 e. The summed E-state index contributed by atoms with van der Waals surface area (Å²) in [5.74, 6) is 0.828. The van der Waals surface area contributed by atoms with Gasteiger partial charge in [0.15, 0.2) is 5.96 Å². The Morgan fingerprint density at radius 1 is 1.14 bits per heavy atom. The van der Waals surface area contributed by atoms with Gasteiger partial charge < -0.3 is 10.6 Å². The SMILES string of the molecule is CCNC(=NCc1ccccc1-n1nc(C)cc1C)NCCc1sc(C)nc1C. The number of nitrogens with zero attached hydrogens (tertiary/aromatic N) is 4. The van der Waals surface area contributed by atoms with Crippen molar-refractivity contribution in [1.29, 1.82) is 0 Å². The minimum absolute atomic E-state index is 0.586. The second-order valence-corrected chi connectivity index (χ2v) is 8.37. The number of aliphatic imine (C=N–C) groups is 1. The molecule has 0 aliphatic carbocycles. The van der Waals surface area contributed by atoms with E-state index in [0.717, 1.165) is 58.8 Å². The molecule has 0 bridgehead atoms. The van der Waals surface area contributed by atoms with Crippen molar-refractivity contribution >= 4 is 17.3 Å². The summed E-state index contributed by atoms with van der Waals surface area (Å²) in [7, 11) is 0. The molecule has 2 aromatic heterocycles. The van der Waals surface area contributed by atoms with Gasteiger partial charge in [-0.2, -0.15) is 5.10 Å². The van der Waals surface area contributed by atoms with E-state index in [1.165, 1.54) is 4.88 Å². The molecule has 0 aliphatic heterocycles. The molecule has 7 heteroatoms. The monoisotopic (exact) mass is 410 g/mol. The molecule has 0 spiro atoms. The Bertz CT molecular complexity index is 985. The van der Waals surface area contributed by atoms with Gasteiger partial charge in [0.05, 0.1) is 28.6 Å². The number of nitrogens with one attached hydrogen (secondary N) is 2. The second-order valence-electron chi connectivity index (χ2n) is 7.08. The Balaban J connectivity index is 1.70. The number of thiazole rings is 1. The number of benzene rings is 1. The van der Waals surface area contributed by atoms with E-state index >= 15 is 0 Å². The summed E-state index contributed by atoms with van der Waals surface area (Å²) in [6, 6.07) is 10.4. The summed E-state index contributed by atoms with van der Waals surface area (Å²) >= 11 is 1.77. The van der Waals surface area contributed by atoms with Crippen molar-refractivity contribution in [2.45, 2.75) is 47.6 Å². The smallest absolute Gasteiger partial charge is 0.191 e. The first-order valence-electron chi connectivity index (χ1n) is 10.0. The maximum atomic E-state index is 4.81. The minimum atomic E-state index is 0.586. The molecule has 1 aromatic carbocycles. The number of guanidine groups is 1. The van der Waals surface area contributed by atoms with Gasteiger partial charge >= 0.3 is 0 Å². The van der Waals surface area contributed by atoms with Crippen LogP contribution in [0.2, 0.25) is 0 Å². The van der Waals surface area contributed by atoms with Crippen LogP contribution in [0.1, 0.15) is 39.5 Å². The van der Waals surface area contributed by atoms with Crippen LogP contribution in [-0.2, 0) is 13.0 Å². The van der Waals surface area contributed by atoms with E-state index in [9.17, 15) is 0 Å². The summed E-state index contributed by atoms with van der Waals surface area (Å²) in [4.78, 5) is 10.6. The lowest BCUT2D eigenvalue weighted by atomic mass is 10.2. The zero-order valence-corrected chi connectivity index (χ0v) is 18.7. The van der Waals surface area contributed by atoms with Crippen molar-refractivity contribution < 1.29 is 0 Å². The molecular formula is C22H30N6S. The predicted molar refractivity (Wildman–Crippen MR) is 121 cm³/mol. The molecule has 0 radical (unpaired) electrons. The Morgan fingerprint density at radius 2 is 1.93 bits per heavy atom. The van der Waals surface area contributed by atoms with Gasteiger partial charge in [0, 0.05) is 30.1 Å². The van der Waals surface area contributed by atoms with Gasteiger partial charge in [-0.1, -0.05) is 18.2 Å². The van der Waals surface area contributed by atoms with Gasteiger partial charge in [-0.15, -0.1) is 11.3 Å². The molecule has 0 saturated carbocycles.